The normalized spacial score (nSPS) is 12.8. The Balaban J connectivity index is 2.23. The van der Waals surface area contributed by atoms with Crippen LogP contribution in [-0.4, -0.2) is 42.2 Å². The van der Waals surface area contributed by atoms with Gasteiger partial charge in [-0.25, -0.2) is 0 Å². The van der Waals surface area contributed by atoms with Crippen molar-refractivity contribution in [1.29, 1.82) is 0 Å². The summed E-state index contributed by atoms with van der Waals surface area (Å²) in [5.41, 5.74) is 3.08. The maximum atomic E-state index is 13.0. The summed E-state index contributed by atoms with van der Waals surface area (Å²) in [4.78, 5) is 14.0. The zero-order valence-electron chi connectivity index (χ0n) is 23.5. The van der Waals surface area contributed by atoms with E-state index in [0.29, 0.717) is 11.5 Å². The minimum Gasteiger partial charge on any atom is -0.493 e. The van der Waals surface area contributed by atoms with Crippen LogP contribution in [0, 0.1) is 6.92 Å². The summed E-state index contributed by atoms with van der Waals surface area (Å²) in [6.07, 6.45) is 3.77. The van der Waals surface area contributed by atoms with Crippen LogP contribution in [0.3, 0.4) is 0 Å². The van der Waals surface area contributed by atoms with Crippen LogP contribution in [-0.2, 0) is 20.4 Å². The lowest BCUT2D eigenvalue weighted by atomic mass is 9.97. The fourth-order valence-electron chi connectivity index (χ4n) is 3.73. The average molecular weight is 533 g/mol. The van der Waals surface area contributed by atoms with Gasteiger partial charge in [0.25, 0.3) is 0 Å². The van der Waals surface area contributed by atoms with E-state index >= 15 is 0 Å². The van der Waals surface area contributed by atoms with E-state index in [-0.39, 0.29) is 11.0 Å². The van der Waals surface area contributed by atoms with E-state index in [1.807, 2.05) is 24.3 Å². The molecule has 0 bridgehead atoms. The van der Waals surface area contributed by atoms with E-state index in [4.69, 9.17) is 18.6 Å². The van der Waals surface area contributed by atoms with Crippen molar-refractivity contribution in [3.05, 3.63) is 53.1 Å². The Bertz CT molecular complexity index is 982. The van der Waals surface area contributed by atoms with Gasteiger partial charge in [-0.05, 0) is 68.1 Å². The van der Waals surface area contributed by atoms with E-state index in [0.717, 1.165) is 48.3 Å². The topological polar surface area (TPSA) is 54.0 Å². The number of rotatable bonds is 13. The van der Waals surface area contributed by atoms with E-state index in [1.165, 1.54) is 24.4 Å². The van der Waals surface area contributed by atoms with Gasteiger partial charge in [0.2, 0.25) is 0 Å². The highest BCUT2D eigenvalue weighted by Crippen LogP contribution is 2.44. The SMILES string of the molecule is COC(=O)C(Sc1ccc(C)cc1)c1ccc(OC)c(OC)c1CCCCCO[Si](C)(C)C(C)(C)C. The van der Waals surface area contributed by atoms with Crippen molar-refractivity contribution in [2.45, 2.75) is 81.7 Å². The number of carbonyl (C=O) groups is 1. The number of thioether (sulfide) groups is 1. The molecule has 0 fully saturated rings. The Morgan fingerprint density at radius 2 is 1.61 bits per heavy atom. The zero-order chi connectivity index (χ0) is 26.9. The third-order valence-corrected chi connectivity index (χ3v) is 12.8. The number of hydrogen-bond acceptors (Lipinski definition) is 6. The molecule has 0 aliphatic heterocycles. The van der Waals surface area contributed by atoms with Gasteiger partial charge in [0, 0.05) is 17.1 Å². The third-order valence-electron chi connectivity index (χ3n) is 7.00. The minimum atomic E-state index is -1.73. The molecular formula is C29H44O5SSi. The first-order valence-electron chi connectivity index (χ1n) is 12.6. The maximum absolute atomic E-state index is 13.0. The van der Waals surface area contributed by atoms with E-state index in [9.17, 15) is 4.79 Å². The largest absolute Gasteiger partial charge is 0.493 e. The van der Waals surface area contributed by atoms with Gasteiger partial charge in [-0.1, -0.05) is 51.0 Å². The lowest BCUT2D eigenvalue weighted by molar-refractivity contribution is -0.140. The number of aryl methyl sites for hydroxylation is 1. The number of esters is 1. The second kappa shape index (κ2) is 13.5. The molecule has 0 amide bonds. The van der Waals surface area contributed by atoms with Crippen molar-refractivity contribution < 1.29 is 23.4 Å². The first-order valence-corrected chi connectivity index (χ1v) is 16.4. The van der Waals surface area contributed by atoms with Gasteiger partial charge in [-0.15, -0.1) is 11.8 Å². The van der Waals surface area contributed by atoms with Crippen LogP contribution in [0.4, 0.5) is 0 Å². The molecule has 7 heteroatoms. The maximum Gasteiger partial charge on any atom is 0.323 e. The summed E-state index contributed by atoms with van der Waals surface area (Å²) in [7, 11) is 3.00. The third kappa shape index (κ3) is 8.02. The lowest BCUT2D eigenvalue weighted by Crippen LogP contribution is -2.40. The van der Waals surface area contributed by atoms with Gasteiger partial charge in [0.1, 0.15) is 5.25 Å². The highest BCUT2D eigenvalue weighted by atomic mass is 32.2. The summed E-state index contributed by atoms with van der Waals surface area (Å²) < 4.78 is 22.9. The molecule has 0 radical (unpaired) electrons. The van der Waals surface area contributed by atoms with Crippen LogP contribution in [0.15, 0.2) is 41.3 Å². The lowest BCUT2D eigenvalue weighted by Gasteiger charge is -2.36. The van der Waals surface area contributed by atoms with Crippen LogP contribution in [0.2, 0.25) is 18.1 Å². The molecule has 200 valence electrons. The van der Waals surface area contributed by atoms with Crippen LogP contribution >= 0.6 is 11.8 Å². The molecule has 1 unspecified atom stereocenters. The van der Waals surface area contributed by atoms with Gasteiger partial charge in [0.05, 0.1) is 21.3 Å². The molecule has 5 nitrogen and oxygen atoms in total. The van der Waals surface area contributed by atoms with Crippen molar-refractivity contribution in [1.82, 2.24) is 0 Å². The first-order chi connectivity index (χ1) is 16.9. The molecule has 2 rings (SSSR count). The van der Waals surface area contributed by atoms with E-state index in [2.05, 4.69) is 52.9 Å². The highest BCUT2D eigenvalue weighted by molar-refractivity contribution is 8.00. The number of benzene rings is 2. The second-order valence-electron chi connectivity index (χ2n) is 10.6. The van der Waals surface area contributed by atoms with Crippen LogP contribution in [0.5, 0.6) is 11.5 Å². The molecule has 0 spiro atoms. The number of methoxy groups -OCH3 is 3. The monoisotopic (exact) mass is 532 g/mol. The van der Waals surface area contributed by atoms with Gasteiger partial charge in [-0.3, -0.25) is 4.79 Å². The molecule has 0 aliphatic rings. The van der Waals surface area contributed by atoms with Crippen molar-refractivity contribution in [3.8, 4) is 11.5 Å². The molecule has 36 heavy (non-hydrogen) atoms. The predicted molar refractivity (Wildman–Crippen MR) is 152 cm³/mol. The molecule has 0 saturated carbocycles. The Morgan fingerprint density at radius 1 is 0.944 bits per heavy atom. The molecule has 0 aliphatic carbocycles. The van der Waals surface area contributed by atoms with Crippen LogP contribution in [0.25, 0.3) is 0 Å². The summed E-state index contributed by atoms with van der Waals surface area (Å²) in [5.74, 6) is 1.07. The first kappa shape index (κ1) is 30.3. The predicted octanol–water partition coefficient (Wildman–Crippen LogP) is 7.75. The van der Waals surface area contributed by atoms with Crippen LogP contribution in [0.1, 0.15) is 62.0 Å². The summed E-state index contributed by atoms with van der Waals surface area (Å²) in [5, 5.41) is -0.289. The van der Waals surface area contributed by atoms with Crippen molar-refractivity contribution in [2.75, 3.05) is 27.9 Å². The molecule has 0 aromatic heterocycles. The summed E-state index contributed by atoms with van der Waals surface area (Å²) >= 11 is 1.50. The minimum absolute atomic E-state index is 0.216. The number of ether oxygens (including phenoxy) is 3. The Hall–Kier alpha value is -1.96. The van der Waals surface area contributed by atoms with E-state index in [1.54, 1.807) is 14.2 Å². The highest BCUT2D eigenvalue weighted by Gasteiger charge is 2.36. The van der Waals surface area contributed by atoms with Crippen molar-refractivity contribution in [3.63, 3.8) is 0 Å². The fourth-order valence-corrected chi connectivity index (χ4v) is 5.93. The van der Waals surface area contributed by atoms with Crippen molar-refractivity contribution in [2.24, 2.45) is 0 Å². The quantitative estimate of drug-likeness (QED) is 0.114. The second-order valence-corrected chi connectivity index (χ2v) is 16.6. The number of unbranched alkanes of at least 4 members (excludes halogenated alkanes) is 2. The van der Waals surface area contributed by atoms with E-state index < -0.39 is 13.6 Å². The van der Waals surface area contributed by atoms with Gasteiger partial charge in [-0.2, -0.15) is 0 Å². The van der Waals surface area contributed by atoms with Crippen molar-refractivity contribution >= 4 is 26.0 Å². The molecule has 0 saturated heterocycles. The summed E-state index contributed by atoms with van der Waals surface area (Å²) in [6.45, 7) is 14.2. The molecule has 1 atom stereocenters. The molecule has 0 N–H and O–H groups in total. The summed E-state index contributed by atoms with van der Waals surface area (Å²) in [6, 6.07) is 12.0. The molecule has 2 aromatic carbocycles. The van der Waals surface area contributed by atoms with Gasteiger partial charge >= 0.3 is 5.97 Å². The zero-order valence-corrected chi connectivity index (χ0v) is 25.3. The molecule has 0 heterocycles. The molecular weight excluding hydrogens is 488 g/mol. The van der Waals surface area contributed by atoms with Gasteiger partial charge in [0.15, 0.2) is 19.8 Å². The average Bonchev–Trinajstić information content (AvgIpc) is 2.84. The van der Waals surface area contributed by atoms with Crippen LogP contribution < -0.4 is 9.47 Å². The Labute approximate surface area is 223 Å². The molecule has 2 aromatic rings. The standard InChI is InChI=1S/C29H44O5SSi/c1-21-14-16-22(17-15-21)35-27(28(30)33-7)24-18-19-25(31-5)26(32-6)23(24)13-11-10-12-20-34-36(8,9)29(2,3)4/h14-19,27H,10-13,20H2,1-9H3. The smallest absolute Gasteiger partial charge is 0.323 e. The number of carbonyl (C=O) groups excluding carboxylic acids is 1. The fraction of sp³-hybridized carbons (Fsp3) is 0.552. The Kier molecular flexibility index (Phi) is 11.4. The van der Waals surface area contributed by atoms with Gasteiger partial charge < -0.3 is 18.6 Å². The number of hydrogen-bond donors (Lipinski definition) is 0. The Morgan fingerprint density at radius 3 is 2.17 bits per heavy atom.